The second-order valence-corrected chi connectivity index (χ2v) is 5.93. The van der Waals surface area contributed by atoms with Crippen LogP contribution in [0.2, 0.25) is 0 Å². The van der Waals surface area contributed by atoms with E-state index in [0.29, 0.717) is 18.2 Å². The van der Waals surface area contributed by atoms with E-state index in [4.69, 9.17) is 9.94 Å². The molecular weight excluding hydrogens is 250 g/mol. The van der Waals surface area contributed by atoms with E-state index in [9.17, 15) is 0 Å². The summed E-state index contributed by atoms with van der Waals surface area (Å²) in [6.45, 7) is 6.62. The predicted octanol–water partition coefficient (Wildman–Crippen LogP) is 4.48. The zero-order valence-corrected chi connectivity index (χ0v) is 12.7. The smallest absolute Gasteiger partial charge is 0.119 e. The van der Waals surface area contributed by atoms with Gasteiger partial charge in [0.1, 0.15) is 5.75 Å². The van der Waals surface area contributed by atoms with Gasteiger partial charge >= 0.3 is 0 Å². The molecule has 3 unspecified atom stereocenters. The molecule has 0 heterocycles. The fourth-order valence-corrected chi connectivity index (χ4v) is 2.86. The minimum atomic E-state index is 0.337. The zero-order valence-electron chi connectivity index (χ0n) is 12.7. The van der Waals surface area contributed by atoms with Gasteiger partial charge in [-0.3, -0.25) is 0 Å². The van der Waals surface area contributed by atoms with Crippen molar-refractivity contribution < 1.29 is 9.94 Å². The van der Waals surface area contributed by atoms with Gasteiger partial charge in [-0.25, -0.2) is 0 Å². The highest BCUT2D eigenvalue weighted by atomic mass is 16.5. The summed E-state index contributed by atoms with van der Waals surface area (Å²) in [6, 6.07) is 7.86. The Morgan fingerprint density at radius 1 is 1.20 bits per heavy atom. The van der Waals surface area contributed by atoms with E-state index in [1.54, 1.807) is 0 Å². The summed E-state index contributed by atoms with van der Waals surface area (Å²) in [4.78, 5) is 0. The lowest BCUT2D eigenvalue weighted by atomic mass is 9.80. The minimum absolute atomic E-state index is 0.337. The minimum Gasteiger partial charge on any atom is -0.490 e. The van der Waals surface area contributed by atoms with E-state index >= 15 is 0 Å². The molecule has 0 bridgehead atoms. The van der Waals surface area contributed by atoms with Crippen LogP contribution in [0.5, 0.6) is 5.75 Å². The molecule has 1 aliphatic carbocycles. The highest BCUT2D eigenvalue weighted by Gasteiger charge is 2.25. The normalized spacial score (nSPS) is 27.4. The average molecular weight is 275 g/mol. The van der Waals surface area contributed by atoms with Crippen LogP contribution < -0.4 is 4.74 Å². The van der Waals surface area contributed by atoms with E-state index in [1.165, 1.54) is 6.42 Å². The molecule has 1 saturated carbocycles. The van der Waals surface area contributed by atoms with Gasteiger partial charge < -0.3 is 9.94 Å². The Labute approximate surface area is 121 Å². The van der Waals surface area contributed by atoms with Crippen LogP contribution in [0.1, 0.15) is 52.0 Å². The highest BCUT2D eigenvalue weighted by molar-refractivity contribution is 6.00. The first kappa shape index (κ1) is 14.9. The van der Waals surface area contributed by atoms with Gasteiger partial charge in [-0.15, -0.1) is 0 Å². The van der Waals surface area contributed by atoms with E-state index < -0.39 is 0 Å². The van der Waals surface area contributed by atoms with Crippen LogP contribution in [0.15, 0.2) is 29.4 Å². The van der Waals surface area contributed by atoms with Gasteiger partial charge in [0.05, 0.1) is 11.8 Å². The lowest BCUT2D eigenvalue weighted by Gasteiger charge is -2.32. The Bertz CT molecular complexity index is 453. The maximum atomic E-state index is 8.92. The number of ether oxygens (including phenoxy) is 1. The van der Waals surface area contributed by atoms with Crippen LogP contribution >= 0.6 is 0 Å². The lowest BCUT2D eigenvalue weighted by molar-refractivity contribution is 0.101. The molecule has 0 saturated heterocycles. The Morgan fingerprint density at radius 2 is 1.90 bits per heavy atom. The van der Waals surface area contributed by atoms with Crippen molar-refractivity contribution in [3.8, 4) is 5.75 Å². The molecule has 3 nitrogen and oxygen atoms in total. The van der Waals surface area contributed by atoms with Crippen LogP contribution in [0.4, 0.5) is 0 Å². The molecule has 1 aromatic carbocycles. The predicted molar refractivity (Wildman–Crippen MR) is 81.7 cm³/mol. The Kier molecular flexibility index (Phi) is 5.05. The SMILES string of the molecule is CCC(=NO)c1ccc(OC2CCC(C)C(C)C2)cc1. The molecule has 0 radical (unpaired) electrons. The van der Waals surface area contributed by atoms with Gasteiger partial charge in [-0.05, 0) is 67.3 Å². The molecule has 1 aromatic rings. The van der Waals surface area contributed by atoms with Crippen molar-refractivity contribution in [3.63, 3.8) is 0 Å². The summed E-state index contributed by atoms with van der Waals surface area (Å²) in [5.74, 6) is 2.46. The number of hydrogen-bond acceptors (Lipinski definition) is 3. The van der Waals surface area contributed by atoms with Crippen LogP contribution in [0.25, 0.3) is 0 Å². The van der Waals surface area contributed by atoms with Crippen molar-refractivity contribution in [1.29, 1.82) is 0 Å². The van der Waals surface area contributed by atoms with Gasteiger partial charge in [-0.2, -0.15) is 0 Å². The summed E-state index contributed by atoms with van der Waals surface area (Å²) in [7, 11) is 0. The van der Waals surface area contributed by atoms with Crippen LogP contribution in [-0.4, -0.2) is 17.0 Å². The van der Waals surface area contributed by atoms with Crippen molar-refractivity contribution in [2.24, 2.45) is 17.0 Å². The van der Waals surface area contributed by atoms with E-state index in [1.807, 2.05) is 31.2 Å². The molecule has 3 atom stereocenters. The summed E-state index contributed by atoms with van der Waals surface area (Å²) in [6.07, 6.45) is 4.59. The van der Waals surface area contributed by atoms with Crippen LogP contribution in [0.3, 0.4) is 0 Å². The Balaban J connectivity index is 1.97. The summed E-state index contributed by atoms with van der Waals surface area (Å²) < 4.78 is 6.07. The highest BCUT2D eigenvalue weighted by Crippen LogP contribution is 2.31. The quantitative estimate of drug-likeness (QED) is 0.500. The van der Waals surface area contributed by atoms with Crippen molar-refractivity contribution in [3.05, 3.63) is 29.8 Å². The Morgan fingerprint density at radius 3 is 2.45 bits per heavy atom. The fourth-order valence-electron chi connectivity index (χ4n) is 2.86. The monoisotopic (exact) mass is 275 g/mol. The third kappa shape index (κ3) is 3.53. The number of benzene rings is 1. The summed E-state index contributed by atoms with van der Waals surface area (Å²) >= 11 is 0. The molecule has 1 N–H and O–H groups in total. The molecule has 2 rings (SSSR count). The molecule has 1 fully saturated rings. The van der Waals surface area contributed by atoms with Crippen molar-refractivity contribution in [2.75, 3.05) is 0 Å². The standard InChI is InChI=1S/C17H25NO2/c1-4-17(18-19)14-6-9-15(10-7-14)20-16-8-5-12(2)13(3)11-16/h6-7,9-10,12-13,16,19H,4-5,8,11H2,1-3H3. The lowest BCUT2D eigenvalue weighted by Crippen LogP contribution is -2.28. The van der Waals surface area contributed by atoms with Gasteiger partial charge in [0.15, 0.2) is 0 Å². The van der Waals surface area contributed by atoms with Gasteiger partial charge in [0, 0.05) is 0 Å². The van der Waals surface area contributed by atoms with Crippen molar-refractivity contribution >= 4 is 5.71 Å². The van der Waals surface area contributed by atoms with Crippen LogP contribution in [-0.2, 0) is 0 Å². The fraction of sp³-hybridized carbons (Fsp3) is 0.588. The molecule has 3 heteroatoms. The van der Waals surface area contributed by atoms with Crippen molar-refractivity contribution in [2.45, 2.75) is 52.6 Å². The second kappa shape index (κ2) is 6.78. The third-order valence-corrected chi connectivity index (χ3v) is 4.50. The summed E-state index contributed by atoms with van der Waals surface area (Å²) in [5, 5.41) is 12.2. The number of hydrogen-bond donors (Lipinski definition) is 1. The topological polar surface area (TPSA) is 41.8 Å². The number of nitrogens with zero attached hydrogens (tertiary/aromatic N) is 1. The van der Waals surface area contributed by atoms with Crippen LogP contribution in [0, 0.1) is 11.8 Å². The molecule has 0 aliphatic heterocycles. The number of oxime groups is 1. The number of rotatable bonds is 4. The zero-order chi connectivity index (χ0) is 14.5. The molecular formula is C17H25NO2. The largest absolute Gasteiger partial charge is 0.490 e. The van der Waals surface area contributed by atoms with E-state index in [0.717, 1.165) is 36.0 Å². The molecule has 0 spiro atoms. The molecule has 110 valence electrons. The first-order valence-electron chi connectivity index (χ1n) is 7.62. The van der Waals surface area contributed by atoms with E-state index in [-0.39, 0.29) is 0 Å². The van der Waals surface area contributed by atoms with Crippen molar-refractivity contribution in [1.82, 2.24) is 0 Å². The average Bonchev–Trinajstić information content (AvgIpc) is 2.46. The molecule has 0 aromatic heterocycles. The Hall–Kier alpha value is -1.51. The maximum absolute atomic E-state index is 8.92. The third-order valence-electron chi connectivity index (χ3n) is 4.50. The van der Waals surface area contributed by atoms with Gasteiger partial charge in [0.2, 0.25) is 0 Å². The second-order valence-electron chi connectivity index (χ2n) is 5.93. The van der Waals surface area contributed by atoms with Gasteiger partial charge in [0.25, 0.3) is 0 Å². The molecule has 1 aliphatic rings. The maximum Gasteiger partial charge on any atom is 0.119 e. The molecule has 0 amide bonds. The first-order valence-corrected chi connectivity index (χ1v) is 7.62. The first-order chi connectivity index (χ1) is 9.63. The molecule has 20 heavy (non-hydrogen) atoms. The van der Waals surface area contributed by atoms with Gasteiger partial charge in [-0.1, -0.05) is 25.9 Å². The van der Waals surface area contributed by atoms with E-state index in [2.05, 4.69) is 19.0 Å². The summed E-state index contributed by atoms with van der Waals surface area (Å²) in [5.41, 5.74) is 1.66.